The Balaban J connectivity index is 1.47. The number of nitrogens with zero attached hydrogens (tertiary/aromatic N) is 2. The van der Waals surface area contributed by atoms with Crippen molar-refractivity contribution >= 4 is 51.9 Å². The molecule has 6 nitrogen and oxygen atoms in total. The molecule has 2 heterocycles. The number of carbonyl (C=O) groups excluding carboxylic acids is 2. The standard InChI is InChI=1S/C17H13ClN4O2S/c18-10-5-6-14-12(7-10)20-17(24)15(25-14)8-16(23)21-22-9-19-11-3-1-2-4-13(11)22/h1-7,9,15H,8H2,(H,20,24)(H,21,23)/t15-/m0/s1. The van der Waals surface area contributed by atoms with E-state index in [-0.39, 0.29) is 18.2 Å². The minimum atomic E-state index is -0.497. The van der Waals surface area contributed by atoms with Crippen molar-refractivity contribution in [2.24, 2.45) is 0 Å². The zero-order valence-corrected chi connectivity index (χ0v) is 14.5. The summed E-state index contributed by atoms with van der Waals surface area (Å²) in [5, 5.41) is 2.86. The van der Waals surface area contributed by atoms with E-state index in [1.54, 1.807) is 23.1 Å². The maximum absolute atomic E-state index is 12.4. The predicted octanol–water partition coefficient (Wildman–Crippen LogP) is 3.26. The van der Waals surface area contributed by atoms with E-state index in [4.69, 9.17) is 11.6 Å². The molecule has 0 saturated heterocycles. The molecule has 0 bridgehead atoms. The number of carbonyl (C=O) groups is 2. The molecule has 4 rings (SSSR count). The second-order valence-electron chi connectivity index (χ2n) is 5.58. The lowest BCUT2D eigenvalue weighted by Gasteiger charge is -2.23. The van der Waals surface area contributed by atoms with Gasteiger partial charge in [0.25, 0.3) is 0 Å². The zero-order valence-electron chi connectivity index (χ0n) is 12.9. The maximum atomic E-state index is 12.4. The van der Waals surface area contributed by atoms with Crippen molar-refractivity contribution in [3.8, 4) is 0 Å². The third-order valence-electron chi connectivity index (χ3n) is 3.83. The van der Waals surface area contributed by atoms with E-state index in [1.165, 1.54) is 11.8 Å². The highest BCUT2D eigenvalue weighted by atomic mass is 35.5. The van der Waals surface area contributed by atoms with Crippen molar-refractivity contribution in [1.29, 1.82) is 0 Å². The van der Waals surface area contributed by atoms with Gasteiger partial charge in [0.2, 0.25) is 11.8 Å². The van der Waals surface area contributed by atoms with Crippen LogP contribution in [0, 0.1) is 0 Å². The van der Waals surface area contributed by atoms with Crippen molar-refractivity contribution in [3.05, 3.63) is 53.8 Å². The average Bonchev–Trinajstić information content (AvgIpc) is 2.99. The number of hydrogen-bond donors (Lipinski definition) is 2. The molecule has 1 aliphatic heterocycles. The van der Waals surface area contributed by atoms with Crippen molar-refractivity contribution in [3.63, 3.8) is 0 Å². The molecule has 1 aliphatic rings. The van der Waals surface area contributed by atoms with Crippen LogP contribution in [0.4, 0.5) is 5.69 Å². The van der Waals surface area contributed by atoms with Crippen LogP contribution >= 0.6 is 23.4 Å². The quantitative estimate of drug-likeness (QED) is 0.739. The number of fused-ring (bicyclic) bond motifs is 2. The molecular formula is C17H13ClN4O2S. The molecule has 0 fully saturated rings. The second kappa shape index (κ2) is 6.42. The lowest BCUT2D eigenvalue weighted by Crippen LogP contribution is -2.34. The van der Waals surface area contributed by atoms with Crippen molar-refractivity contribution in [2.45, 2.75) is 16.6 Å². The Labute approximate surface area is 152 Å². The highest BCUT2D eigenvalue weighted by Crippen LogP contribution is 2.38. The van der Waals surface area contributed by atoms with E-state index < -0.39 is 5.25 Å². The fourth-order valence-corrected chi connectivity index (χ4v) is 3.92. The number of hydrogen-bond acceptors (Lipinski definition) is 4. The molecule has 0 spiro atoms. The molecular weight excluding hydrogens is 360 g/mol. The molecule has 2 aromatic carbocycles. The smallest absolute Gasteiger partial charge is 0.240 e. The summed E-state index contributed by atoms with van der Waals surface area (Å²) in [5.41, 5.74) is 5.04. The summed E-state index contributed by atoms with van der Waals surface area (Å²) < 4.78 is 1.57. The monoisotopic (exact) mass is 372 g/mol. The molecule has 1 aromatic heterocycles. The topological polar surface area (TPSA) is 76.0 Å². The zero-order chi connectivity index (χ0) is 17.4. The molecule has 8 heteroatoms. The van der Waals surface area contributed by atoms with E-state index in [2.05, 4.69) is 15.7 Å². The van der Waals surface area contributed by atoms with E-state index in [0.29, 0.717) is 10.7 Å². The van der Waals surface area contributed by atoms with Crippen LogP contribution in [-0.2, 0) is 9.59 Å². The van der Waals surface area contributed by atoms with Gasteiger partial charge < -0.3 is 5.32 Å². The molecule has 3 aromatic rings. The van der Waals surface area contributed by atoms with Gasteiger partial charge in [-0.15, -0.1) is 11.8 Å². The number of benzene rings is 2. The summed E-state index contributed by atoms with van der Waals surface area (Å²) in [6.07, 6.45) is 1.61. The Morgan fingerprint density at radius 1 is 1.32 bits per heavy atom. The minimum Gasteiger partial charge on any atom is -0.324 e. The van der Waals surface area contributed by atoms with E-state index in [9.17, 15) is 9.59 Å². The summed E-state index contributed by atoms with van der Waals surface area (Å²) in [5.74, 6) is -0.460. The molecule has 2 N–H and O–H groups in total. The van der Waals surface area contributed by atoms with E-state index in [0.717, 1.165) is 15.9 Å². The highest BCUT2D eigenvalue weighted by molar-refractivity contribution is 8.01. The molecule has 0 saturated carbocycles. The van der Waals surface area contributed by atoms with Gasteiger partial charge in [-0.05, 0) is 30.3 Å². The van der Waals surface area contributed by atoms with Crippen LogP contribution in [0.2, 0.25) is 5.02 Å². The summed E-state index contributed by atoms with van der Waals surface area (Å²) in [7, 11) is 0. The molecule has 25 heavy (non-hydrogen) atoms. The summed E-state index contributed by atoms with van der Waals surface area (Å²) in [4.78, 5) is 29.7. The number of rotatable bonds is 3. The predicted molar refractivity (Wildman–Crippen MR) is 98.4 cm³/mol. The van der Waals surface area contributed by atoms with Gasteiger partial charge in [0.05, 0.1) is 22.0 Å². The van der Waals surface area contributed by atoms with Gasteiger partial charge in [0.15, 0.2) is 0 Å². The Bertz CT molecular complexity index is 988. The van der Waals surface area contributed by atoms with E-state index in [1.807, 2.05) is 30.3 Å². The van der Waals surface area contributed by atoms with Crippen molar-refractivity contribution in [1.82, 2.24) is 9.66 Å². The lowest BCUT2D eigenvalue weighted by atomic mass is 10.2. The fourth-order valence-electron chi connectivity index (χ4n) is 2.65. The number of para-hydroxylation sites is 2. The number of nitrogens with one attached hydrogen (secondary N) is 2. The van der Waals surface area contributed by atoms with E-state index >= 15 is 0 Å². The van der Waals surface area contributed by atoms with Crippen LogP contribution in [0.5, 0.6) is 0 Å². The highest BCUT2D eigenvalue weighted by Gasteiger charge is 2.29. The van der Waals surface area contributed by atoms with Crippen LogP contribution in [0.15, 0.2) is 53.7 Å². The third-order valence-corrected chi connectivity index (χ3v) is 5.34. The van der Waals surface area contributed by atoms with Crippen LogP contribution in [-0.4, -0.2) is 26.7 Å². The number of imidazole rings is 1. The van der Waals surface area contributed by atoms with Gasteiger partial charge >= 0.3 is 0 Å². The fraction of sp³-hybridized carbons (Fsp3) is 0.118. The molecule has 0 radical (unpaired) electrons. The summed E-state index contributed by atoms with van der Waals surface area (Å²) in [6, 6.07) is 12.8. The first-order valence-electron chi connectivity index (χ1n) is 7.59. The Kier molecular flexibility index (Phi) is 4.10. The first-order valence-corrected chi connectivity index (χ1v) is 8.85. The maximum Gasteiger partial charge on any atom is 0.240 e. The Morgan fingerprint density at radius 3 is 3.04 bits per heavy atom. The minimum absolute atomic E-state index is 0.0606. The lowest BCUT2D eigenvalue weighted by molar-refractivity contribution is -0.121. The van der Waals surface area contributed by atoms with Crippen molar-refractivity contribution in [2.75, 3.05) is 10.7 Å². The van der Waals surface area contributed by atoms with Gasteiger partial charge in [-0.2, -0.15) is 0 Å². The van der Waals surface area contributed by atoms with Gasteiger partial charge in [0, 0.05) is 16.3 Å². The number of amides is 2. The number of thioether (sulfide) groups is 1. The van der Waals surface area contributed by atoms with Crippen molar-refractivity contribution < 1.29 is 9.59 Å². The summed E-state index contributed by atoms with van der Waals surface area (Å²) >= 11 is 7.30. The number of aromatic nitrogens is 2. The Hall–Kier alpha value is -2.51. The number of anilines is 1. The normalized spacial score (nSPS) is 16.4. The van der Waals surface area contributed by atoms with Crippen LogP contribution in [0.3, 0.4) is 0 Å². The van der Waals surface area contributed by atoms with Gasteiger partial charge in [-0.25, -0.2) is 9.66 Å². The molecule has 0 aliphatic carbocycles. The molecule has 1 atom stereocenters. The molecule has 126 valence electrons. The molecule has 0 unspecified atom stereocenters. The average molecular weight is 373 g/mol. The first-order chi connectivity index (χ1) is 12.1. The summed E-state index contributed by atoms with van der Waals surface area (Å²) in [6.45, 7) is 0. The first kappa shape index (κ1) is 16.0. The third kappa shape index (κ3) is 3.20. The Morgan fingerprint density at radius 2 is 2.16 bits per heavy atom. The van der Waals surface area contributed by atoms with Gasteiger partial charge in [-0.3, -0.25) is 15.0 Å². The van der Waals surface area contributed by atoms with Crippen LogP contribution in [0.1, 0.15) is 6.42 Å². The largest absolute Gasteiger partial charge is 0.324 e. The van der Waals surface area contributed by atoms with Gasteiger partial charge in [-0.1, -0.05) is 23.7 Å². The van der Waals surface area contributed by atoms with Crippen LogP contribution < -0.4 is 10.7 Å². The SMILES string of the molecule is O=C(C[C@@H]1Sc2ccc(Cl)cc2NC1=O)Nn1cnc2ccccc21. The number of halogens is 1. The van der Waals surface area contributed by atoms with Gasteiger partial charge in [0.1, 0.15) is 6.33 Å². The van der Waals surface area contributed by atoms with Crippen LogP contribution in [0.25, 0.3) is 11.0 Å². The molecule has 2 amide bonds. The second-order valence-corrected chi connectivity index (χ2v) is 7.26.